The maximum atomic E-state index is 11.6. The van der Waals surface area contributed by atoms with Crippen molar-refractivity contribution in [3.63, 3.8) is 0 Å². The highest BCUT2D eigenvalue weighted by atomic mass is 32.1. The Balaban J connectivity index is 1.70. The molecule has 0 spiro atoms. The van der Waals surface area contributed by atoms with E-state index in [4.69, 9.17) is 4.74 Å². The number of hydrogen-bond donors (Lipinski definition) is 1. The first-order chi connectivity index (χ1) is 9.19. The van der Waals surface area contributed by atoms with Crippen LogP contribution in [0, 0.1) is 6.92 Å². The molecule has 5 nitrogen and oxygen atoms in total. The van der Waals surface area contributed by atoms with Crippen molar-refractivity contribution in [1.29, 1.82) is 0 Å². The SMILES string of the molecule is CCOC(=O)N1CCC(NCc2csc(C)n2)CC1. The van der Waals surface area contributed by atoms with Gasteiger partial charge in [0.05, 0.1) is 17.3 Å². The second kappa shape index (κ2) is 6.86. The molecule has 6 heteroatoms. The molecule has 2 heterocycles. The van der Waals surface area contributed by atoms with Gasteiger partial charge in [0.25, 0.3) is 0 Å². The molecule has 0 radical (unpaired) electrons. The predicted molar refractivity (Wildman–Crippen MR) is 75.3 cm³/mol. The first-order valence-electron chi connectivity index (χ1n) is 6.75. The molecule has 1 saturated heterocycles. The second-order valence-electron chi connectivity index (χ2n) is 4.70. The van der Waals surface area contributed by atoms with Crippen LogP contribution in [-0.2, 0) is 11.3 Å². The number of nitrogens with one attached hydrogen (secondary N) is 1. The van der Waals surface area contributed by atoms with Crippen LogP contribution in [0.2, 0.25) is 0 Å². The third-order valence-electron chi connectivity index (χ3n) is 3.26. The molecule has 1 aliphatic heterocycles. The average molecular weight is 283 g/mol. The lowest BCUT2D eigenvalue weighted by Gasteiger charge is -2.31. The van der Waals surface area contributed by atoms with E-state index in [0.29, 0.717) is 12.6 Å². The maximum Gasteiger partial charge on any atom is 0.409 e. The number of amides is 1. The van der Waals surface area contributed by atoms with Gasteiger partial charge in [0.1, 0.15) is 0 Å². The second-order valence-corrected chi connectivity index (χ2v) is 5.76. The summed E-state index contributed by atoms with van der Waals surface area (Å²) in [5.74, 6) is 0. The number of carbonyl (C=O) groups excluding carboxylic acids is 1. The number of likely N-dealkylation sites (tertiary alicyclic amines) is 1. The summed E-state index contributed by atoms with van der Waals surface area (Å²) in [6, 6.07) is 0.465. The van der Waals surface area contributed by atoms with E-state index >= 15 is 0 Å². The first kappa shape index (κ1) is 14.3. The van der Waals surface area contributed by atoms with E-state index in [1.807, 2.05) is 13.8 Å². The highest BCUT2D eigenvalue weighted by Gasteiger charge is 2.23. The molecule has 106 valence electrons. The number of aryl methyl sites for hydroxylation is 1. The van der Waals surface area contributed by atoms with E-state index in [0.717, 1.165) is 43.2 Å². The van der Waals surface area contributed by atoms with Gasteiger partial charge in [0.15, 0.2) is 0 Å². The highest BCUT2D eigenvalue weighted by molar-refractivity contribution is 7.09. The van der Waals surface area contributed by atoms with E-state index in [2.05, 4.69) is 15.7 Å². The third-order valence-corrected chi connectivity index (χ3v) is 4.08. The van der Waals surface area contributed by atoms with Crippen LogP contribution in [0.1, 0.15) is 30.5 Å². The van der Waals surface area contributed by atoms with Crippen molar-refractivity contribution in [2.45, 2.75) is 39.3 Å². The summed E-state index contributed by atoms with van der Waals surface area (Å²) >= 11 is 1.68. The number of rotatable bonds is 4. The van der Waals surface area contributed by atoms with Crippen molar-refractivity contribution in [1.82, 2.24) is 15.2 Å². The van der Waals surface area contributed by atoms with E-state index in [9.17, 15) is 4.79 Å². The zero-order valence-electron chi connectivity index (χ0n) is 11.5. The van der Waals surface area contributed by atoms with E-state index in [1.165, 1.54) is 0 Å². The molecule has 19 heavy (non-hydrogen) atoms. The number of piperidine rings is 1. The van der Waals surface area contributed by atoms with Crippen molar-refractivity contribution in [3.05, 3.63) is 16.1 Å². The van der Waals surface area contributed by atoms with Crippen molar-refractivity contribution < 1.29 is 9.53 Å². The minimum atomic E-state index is -0.184. The number of ether oxygens (including phenoxy) is 1. The van der Waals surface area contributed by atoms with Crippen molar-refractivity contribution >= 4 is 17.4 Å². The van der Waals surface area contributed by atoms with E-state index in [1.54, 1.807) is 16.2 Å². The molecule has 1 aliphatic rings. The topological polar surface area (TPSA) is 54.5 Å². The van der Waals surface area contributed by atoms with Gasteiger partial charge in [-0.05, 0) is 26.7 Å². The van der Waals surface area contributed by atoms with E-state index in [-0.39, 0.29) is 6.09 Å². The zero-order chi connectivity index (χ0) is 13.7. The lowest BCUT2D eigenvalue weighted by molar-refractivity contribution is 0.0950. The molecule has 1 amide bonds. The van der Waals surface area contributed by atoms with Gasteiger partial charge < -0.3 is 15.0 Å². The standard InChI is InChI=1S/C13H21N3O2S/c1-3-18-13(17)16-6-4-11(5-7-16)14-8-12-9-19-10(2)15-12/h9,11,14H,3-8H2,1-2H3. The summed E-state index contributed by atoms with van der Waals surface area (Å²) < 4.78 is 5.01. The van der Waals surface area contributed by atoms with Crippen LogP contribution in [0.15, 0.2) is 5.38 Å². The van der Waals surface area contributed by atoms with Crippen LogP contribution in [-0.4, -0.2) is 41.7 Å². The molecule has 1 fully saturated rings. The van der Waals surface area contributed by atoms with Gasteiger partial charge in [0, 0.05) is 31.1 Å². The fourth-order valence-electron chi connectivity index (χ4n) is 2.22. The first-order valence-corrected chi connectivity index (χ1v) is 7.63. The van der Waals surface area contributed by atoms with Gasteiger partial charge in [-0.25, -0.2) is 9.78 Å². The van der Waals surface area contributed by atoms with Gasteiger partial charge in [-0.15, -0.1) is 11.3 Å². The van der Waals surface area contributed by atoms with Crippen molar-refractivity contribution in [2.75, 3.05) is 19.7 Å². The lowest BCUT2D eigenvalue weighted by Crippen LogP contribution is -2.44. The molecule has 2 rings (SSSR count). The third kappa shape index (κ3) is 4.18. The Morgan fingerprint density at radius 3 is 2.89 bits per heavy atom. The Morgan fingerprint density at radius 2 is 2.32 bits per heavy atom. The summed E-state index contributed by atoms with van der Waals surface area (Å²) in [5.41, 5.74) is 1.11. The maximum absolute atomic E-state index is 11.6. The molecule has 0 aliphatic carbocycles. The lowest BCUT2D eigenvalue weighted by atomic mass is 10.1. The molecule has 0 atom stereocenters. The molecule has 1 aromatic heterocycles. The highest BCUT2D eigenvalue weighted by Crippen LogP contribution is 2.13. The van der Waals surface area contributed by atoms with Crippen LogP contribution in [0.4, 0.5) is 4.79 Å². The molecular formula is C13H21N3O2S. The van der Waals surface area contributed by atoms with E-state index < -0.39 is 0 Å². The van der Waals surface area contributed by atoms with Crippen LogP contribution >= 0.6 is 11.3 Å². The summed E-state index contributed by atoms with van der Waals surface area (Å²) in [6.45, 7) is 6.65. The van der Waals surface area contributed by atoms with Gasteiger partial charge in [0.2, 0.25) is 0 Å². The molecule has 0 bridgehead atoms. The van der Waals surface area contributed by atoms with Gasteiger partial charge >= 0.3 is 6.09 Å². The number of hydrogen-bond acceptors (Lipinski definition) is 5. The van der Waals surface area contributed by atoms with Gasteiger partial charge in [-0.2, -0.15) is 0 Å². The molecule has 0 unspecified atom stereocenters. The Bertz CT molecular complexity index is 414. The normalized spacial score (nSPS) is 16.6. The Kier molecular flexibility index (Phi) is 5.15. The van der Waals surface area contributed by atoms with Crippen LogP contribution < -0.4 is 5.32 Å². The number of aromatic nitrogens is 1. The summed E-state index contributed by atoms with van der Waals surface area (Å²) in [4.78, 5) is 17.8. The zero-order valence-corrected chi connectivity index (χ0v) is 12.3. The quantitative estimate of drug-likeness (QED) is 0.920. The molecular weight excluding hydrogens is 262 g/mol. The average Bonchev–Trinajstić information content (AvgIpc) is 2.83. The Morgan fingerprint density at radius 1 is 1.58 bits per heavy atom. The molecule has 0 aromatic carbocycles. The number of thiazole rings is 1. The minimum Gasteiger partial charge on any atom is -0.450 e. The fourth-order valence-corrected chi connectivity index (χ4v) is 2.83. The minimum absolute atomic E-state index is 0.184. The van der Waals surface area contributed by atoms with Crippen LogP contribution in [0.5, 0.6) is 0 Å². The van der Waals surface area contributed by atoms with Crippen molar-refractivity contribution in [3.8, 4) is 0 Å². The van der Waals surface area contributed by atoms with Crippen molar-refractivity contribution in [2.24, 2.45) is 0 Å². The predicted octanol–water partition coefficient (Wildman–Crippen LogP) is 2.16. The van der Waals surface area contributed by atoms with Gasteiger partial charge in [-0.1, -0.05) is 0 Å². The van der Waals surface area contributed by atoms with Gasteiger partial charge in [-0.3, -0.25) is 0 Å². The molecule has 1 N–H and O–H groups in total. The number of nitrogens with zero attached hydrogens (tertiary/aromatic N) is 2. The monoisotopic (exact) mass is 283 g/mol. The summed E-state index contributed by atoms with van der Waals surface area (Å²) in [6.07, 6.45) is 1.76. The number of carbonyl (C=O) groups is 1. The molecule has 0 saturated carbocycles. The van der Waals surface area contributed by atoms with Crippen LogP contribution in [0.3, 0.4) is 0 Å². The smallest absolute Gasteiger partial charge is 0.409 e. The Hall–Kier alpha value is -1.14. The van der Waals surface area contributed by atoms with Crippen LogP contribution in [0.25, 0.3) is 0 Å². The largest absolute Gasteiger partial charge is 0.450 e. The summed E-state index contributed by atoms with van der Waals surface area (Å²) in [5, 5.41) is 6.71. The summed E-state index contributed by atoms with van der Waals surface area (Å²) in [7, 11) is 0. The molecule has 1 aromatic rings. The fraction of sp³-hybridized carbons (Fsp3) is 0.692. The Labute approximate surface area is 118 Å².